The van der Waals surface area contributed by atoms with E-state index in [0.717, 1.165) is 0 Å². The summed E-state index contributed by atoms with van der Waals surface area (Å²) < 4.78 is 0. The Morgan fingerprint density at radius 3 is 1.67 bits per heavy atom. The molecule has 6 heteroatoms. The van der Waals surface area contributed by atoms with Gasteiger partial charge in [0.1, 0.15) is 11.4 Å². The van der Waals surface area contributed by atoms with Gasteiger partial charge in [0.25, 0.3) is 0 Å². The minimum absolute atomic E-state index is 0.130. The van der Waals surface area contributed by atoms with Crippen LogP contribution in [0.1, 0.15) is 31.3 Å². The highest BCUT2D eigenvalue weighted by molar-refractivity contribution is 5.95. The average molecular weight is 165 g/mol. The first-order chi connectivity index (χ1) is 5.83. The van der Waals surface area contributed by atoms with Crippen LogP contribution in [-0.4, -0.2) is 34.3 Å². The van der Waals surface area contributed by atoms with E-state index in [4.69, 9.17) is 0 Å². The average Bonchev–Trinajstić information content (AvgIpc) is 2.16. The van der Waals surface area contributed by atoms with E-state index in [0.29, 0.717) is 18.9 Å². The van der Waals surface area contributed by atoms with Crippen molar-refractivity contribution in [2.45, 2.75) is 0 Å². The van der Waals surface area contributed by atoms with Crippen molar-refractivity contribution in [3.8, 4) is 0 Å². The SMILES string of the molecule is O=Cc1nnnc(C=O)c1C=O. The summed E-state index contributed by atoms with van der Waals surface area (Å²) in [6.07, 6.45) is 1.02. The van der Waals surface area contributed by atoms with Gasteiger partial charge in [0.15, 0.2) is 18.9 Å². The van der Waals surface area contributed by atoms with Gasteiger partial charge in [-0.1, -0.05) is 0 Å². The zero-order chi connectivity index (χ0) is 8.97. The lowest BCUT2D eigenvalue weighted by Crippen LogP contribution is -2.06. The third kappa shape index (κ3) is 1.22. The van der Waals surface area contributed by atoms with Gasteiger partial charge in [-0.3, -0.25) is 14.4 Å². The number of nitrogens with zero attached hydrogens (tertiary/aromatic N) is 3. The minimum Gasteiger partial charge on any atom is -0.298 e. The van der Waals surface area contributed by atoms with E-state index in [1.165, 1.54) is 0 Å². The highest BCUT2D eigenvalue weighted by atomic mass is 16.1. The zero-order valence-corrected chi connectivity index (χ0v) is 5.80. The number of hydrogen-bond acceptors (Lipinski definition) is 6. The molecular formula is C6H3N3O3. The second-order valence-corrected chi connectivity index (χ2v) is 1.83. The fraction of sp³-hybridized carbons (Fsp3) is 0. The van der Waals surface area contributed by atoms with Gasteiger partial charge in [-0.15, -0.1) is 10.2 Å². The summed E-state index contributed by atoms with van der Waals surface area (Å²) in [5.74, 6) is 0. The second-order valence-electron chi connectivity index (χ2n) is 1.83. The number of aromatic nitrogens is 3. The Balaban J connectivity index is 3.40. The van der Waals surface area contributed by atoms with Crippen molar-refractivity contribution in [3.63, 3.8) is 0 Å². The lowest BCUT2D eigenvalue weighted by Gasteiger charge is -1.93. The summed E-state index contributed by atoms with van der Waals surface area (Å²) in [6.45, 7) is 0. The van der Waals surface area contributed by atoms with E-state index in [-0.39, 0.29) is 17.0 Å². The highest BCUT2D eigenvalue weighted by Crippen LogP contribution is 2.00. The molecule has 0 saturated heterocycles. The molecule has 0 atom stereocenters. The summed E-state index contributed by atoms with van der Waals surface area (Å²) >= 11 is 0. The molecule has 1 aromatic heterocycles. The van der Waals surface area contributed by atoms with Gasteiger partial charge in [0.05, 0.1) is 5.56 Å². The maximum Gasteiger partial charge on any atom is 0.171 e. The van der Waals surface area contributed by atoms with Crippen LogP contribution < -0.4 is 0 Å². The fourth-order valence-corrected chi connectivity index (χ4v) is 0.653. The molecule has 60 valence electrons. The van der Waals surface area contributed by atoms with Gasteiger partial charge >= 0.3 is 0 Å². The summed E-state index contributed by atoms with van der Waals surface area (Å²) in [5, 5.41) is 9.63. The molecule has 0 bridgehead atoms. The Kier molecular flexibility index (Phi) is 2.32. The van der Waals surface area contributed by atoms with Crippen molar-refractivity contribution in [1.29, 1.82) is 0 Å². The van der Waals surface area contributed by atoms with Crippen LogP contribution in [0.4, 0.5) is 0 Å². The zero-order valence-electron chi connectivity index (χ0n) is 5.80. The Labute approximate surface area is 66.6 Å². The van der Waals surface area contributed by atoms with Crippen LogP contribution in [0.15, 0.2) is 0 Å². The standard InChI is InChI=1S/C6H3N3O3/c10-1-4-5(2-11)7-9-8-6(4)3-12/h1-3H. The van der Waals surface area contributed by atoms with Crippen LogP contribution in [0.2, 0.25) is 0 Å². The van der Waals surface area contributed by atoms with Crippen molar-refractivity contribution in [2.24, 2.45) is 0 Å². The van der Waals surface area contributed by atoms with E-state index in [1.807, 2.05) is 0 Å². The van der Waals surface area contributed by atoms with Crippen molar-refractivity contribution in [3.05, 3.63) is 17.0 Å². The first-order valence-corrected chi connectivity index (χ1v) is 2.92. The first kappa shape index (κ1) is 8.12. The van der Waals surface area contributed by atoms with Crippen molar-refractivity contribution < 1.29 is 14.4 Å². The molecule has 1 heterocycles. The van der Waals surface area contributed by atoms with Gasteiger partial charge in [0.2, 0.25) is 0 Å². The summed E-state index contributed by atoms with van der Waals surface area (Å²) in [7, 11) is 0. The number of aldehydes is 3. The molecule has 0 spiro atoms. The Morgan fingerprint density at radius 2 is 1.33 bits per heavy atom. The first-order valence-electron chi connectivity index (χ1n) is 2.92. The van der Waals surface area contributed by atoms with Crippen LogP contribution in [-0.2, 0) is 0 Å². The second kappa shape index (κ2) is 3.42. The summed E-state index contributed by atoms with van der Waals surface area (Å²) in [4.78, 5) is 30.8. The van der Waals surface area contributed by atoms with Crippen molar-refractivity contribution in [2.75, 3.05) is 0 Å². The quantitative estimate of drug-likeness (QED) is 0.550. The van der Waals surface area contributed by atoms with Gasteiger partial charge in [-0.05, 0) is 5.21 Å². The van der Waals surface area contributed by atoms with Gasteiger partial charge in [-0.2, -0.15) is 0 Å². The molecule has 0 amide bonds. The highest BCUT2D eigenvalue weighted by Gasteiger charge is 2.09. The van der Waals surface area contributed by atoms with Gasteiger partial charge in [-0.25, -0.2) is 0 Å². The molecule has 12 heavy (non-hydrogen) atoms. The lowest BCUT2D eigenvalue weighted by atomic mass is 10.2. The molecule has 0 aliphatic rings. The lowest BCUT2D eigenvalue weighted by molar-refractivity contribution is 0.107. The normalized spacial score (nSPS) is 9.00. The van der Waals surface area contributed by atoms with Crippen molar-refractivity contribution >= 4 is 18.9 Å². The van der Waals surface area contributed by atoms with Crippen LogP contribution in [0, 0.1) is 0 Å². The Hall–Kier alpha value is -1.98. The fourth-order valence-electron chi connectivity index (χ4n) is 0.653. The Bertz CT molecular complexity index is 311. The summed E-state index contributed by atoms with van der Waals surface area (Å²) in [5.41, 5.74) is -0.487. The molecule has 1 rings (SSSR count). The molecule has 0 aromatic carbocycles. The van der Waals surface area contributed by atoms with E-state index >= 15 is 0 Å². The number of hydrogen-bond donors (Lipinski definition) is 0. The number of carbonyl (C=O) groups excluding carboxylic acids is 3. The largest absolute Gasteiger partial charge is 0.298 e. The van der Waals surface area contributed by atoms with E-state index in [1.54, 1.807) is 0 Å². The third-order valence-corrected chi connectivity index (χ3v) is 1.20. The van der Waals surface area contributed by atoms with Crippen LogP contribution in [0.5, 0.6) is 0 Å². The molecule has 0 unspecified atom stereocenters. The van der Waals surface area contributed by atoms with E-state index in [2.05, 4.69) is 15.4 Å². The molecule has 0 N–H and O–H groups in total. The predicted octanol–water partition coefficient (Wildman–Crippen LogP) is -0.691. The smallest absolute Gasteiger partial charge is 0.171 e. The molecule has 0 radical (unpaired) electrons. The third-order valence-electron chi connectivity index (χ3n) is 1.20. The molecule has 6 nitrogen and oxygen atoms in total. The molecule has 1 aromatic rings. The molecular weight excluding hydrogens is 162 g/mol. The minimum atomic E-state index is -0.179. The number of carbonyl (C=O) groups is 3. The van der Waals surface area contributed by atoms with Crippen LogP contribution >= 0.6 is 0 Å². The van der Waals surface area contributed by atoms with Gasteiger partial charge < -0.3 is 0 Å². The summed E-state index contributed by atoms with van der Waals surface area (Å²) in [6, 6.07) is 0. The van der Waals surface area contributed by atoms with Gasteiger partial charge in [0, 0.05) is 0 Å². The maximum atomic E-state index is 10.3. The van der Waals surface area contributed by atoms with Crippen LogP contribution in [0.25, 0.3) is 0 Å². The van der Waals surface area contributed by atoms with E-state index in [9.17, 15) is 14.4 Å². The monoisotopic (exact) mass is 165 g/mol. The maximum absolute atomic E-state index is 10.3. The topological polar surface area (TPSA) is 89.9 Å². The molecule has 0 fully saturated rings. The number of rotatable bonds is 3. The predicted molar refractivity (Wildman–Crippen MR) is 36.0 cm³/mol. The molecule has 0 aliphatic carbocycles. The molecule has 0 saturated carbocycles. The van der Waals surface area contributed by atoms with E-state index < -0.39 is 0 Å². The van der Waals surface area contributed by atoms with Crippen LogP contribution in [0.3, 0.4) is 0 Å². The molecule has 0 aliphatic heterocycles. The Morgan fingerprint density at radius 1 is 0.833 bits per heavy atom. The van der Waals surface area contributed by atoms with Crippen molar-refractivity contribution in [1.82, 2.24) is 15.4 Å².